The number of hydrogen-bond acceptors (Lipinski definition) is 7. The number of pyridine rings is 1. The van der Waals surface area contributed by atoms with Crippen molar-refractivity contribution in [3.63, 3.8) is 0 Å². The van der Waals surface area contributed by atoms with E-state index in [4.69, 9.17) is 26.4 Å². The summed E-state index contributed by atoms with van der Waals surface area (Å²) in [7, 11) is 0. The third-order valence-electron chi connectivity index (χ3n) is 5.97. The molecular weight excluding hydrogens is 488 g/mol. The number of nitrogens with one attached hydrogen (secondary N) is 2. The Kier molecular flexibility index (Phi) is 8.03. The van der Waals surface area contributed by atoms with E-state index in [1.807, 2.05) is 51.1 Å². The molecule has 0 radical (unpaired) electrons. The van der Waals surface area contributed by atoms with Crippen LogP contribution in [0, 0.1) is 13.8 Å². The molecule has 1 atom stereocenters. The summed E-state index contributed by atoms with van der Waals surface area (Å²) in [5.74, 6) is 0.707. The first-order chi connectivity index (χ1) is 17.8. The molecule has 0 spiro atoms. The first-order valence-corrected chi connectivity index (χ1v) is 12.4. The molecular formula is C28H30N4O4S. The minimum absolute atomic E-state index is 0.185. The van der Waals surface area contributed by atoms with Crippen LogP contribution in [0.2, 0.25) is 0 Å². The molecule has 1 aromatic heterocycles. The highest BCUT2D eigenvalue weighted by atomic mass is 32.1. The Labute approximate surface area is 222 Å². The van der Waals surface area contributed by atoms with Gasteiger partial charge in [0, 0.05) is 35.6 Å². The molecule has 0 saturated carbocycles. The SMILES string of the molecule is CCOC(=O)COc1ccc2c(c1)/C(=N\NC(=S)Nc1cc(C)ccc1C)C[C@@](C)(c1cccnc1)O2. The second kappa shape index (κ2) is 11.4. The number of anilines is 1. The maximum Gasteiger partial charge on any atom is 0.344 e. The van der Waals surface area contributed by atoms with Gasteiger partial charge in [-0.3, -0.25) is 10.4 Å². The van der Waals surface area contributed by atoms with Crippen LogP contribution in [0.4, 0.5) is 5.69 Å². The number of aromatic nitrogens is 1. The Hall–Kier alpha value is -3.98. The lowest BCUT2D eigenvalue weighted by Gasteiger charge is -2.36. The van der Waals surface area contributed by atoms with Crippen LogP contribution in [0.1, 0.15) is 42.5 Å². The monoisotopic (exact) mass is 518 g/mol. The van der Waals surface area contributed by atoms with Crippen molar-refractivity contribution < 1.29 is 19.0 Å². The number of thiocarbonyl (C=S) groups is 1. The molecule has 0 bridgehead atoms. The molecule has 0 aliphatic carbocycles. The third-order valence-corrected chi connectivity index (χ3v) is 6.16. The summed E-state index contributed by atoms with van der Waals surface area (Å²) >= 11 is 5.53. The Morgan fingerprint density at radius 2 is 2.05 bits per heavy atom. The summed E-state index contributed by atoms with van der Waals surface area (Å²) in [6.45, 7) is 7.91. The summed E-state index contributed by atoms with van der Waals surface area (Å²) in [4.78, 5) is 16.0. The number of fused-ring (bicyclic) bond motifs is 1. The van der Waals surface area contributed by atoms with Crippen LogP contribution in [-0.2, 0) is 15.1 Å². The van der Waals surface area contributed by atoms with E-state index in [0.717, 1.165) is 33.7 Å². The summed E-state index contributed by atoms with van der Waals surface area (Å²) in [6.07, 6.45) is 3.97. The lowest BCUT2D eigenvalue weighted by molar-refractivity contribution is -0.145. The van der Waals surface area contributed by atoms with Crippen molar-refractivity contribution in [3.8, 4) is 11.5 Å². The van der Waals surface area contributed by atoms with Crippen LogP contribution in [0.25, 0.3) is 0 Å². The zero-order valence-corrected chi connectivity index (χ0v) is 22.1. The molecule has 0 saturated heterocycles. The van der Waals surface area contributed by atoms with E-state index < -0.39 is 11.6 Å². The summed E-state index contributed by atoms with van der Waals surface area (Å²) < 4.78 is 17.0. The highest BCUT2D eigenvalue weighted by Crippen LogP contribution is 2.40. The highest BCUT2D eigenvalue weighted by molar-refractivity contribution is 7.80. The van der Waals surface area contributed by atoms with Crippen LogP contribution < -0.4 is 20.2 Å². The number of nitrogens with zero attached hydrogens (tertiary/aromatic N) is 2. The average Bonchev–Trinajstić information content (AvgIpc) is 2.89. The first-order valence-electron chi connectivity index (χ1n) is 12.0. The van der Waals surface area contributed by atoms with Gasteiger partial charge in [-0.25, -0.2) is 4.79 Å². The van der Waals surface area contributed by atoms with E-state index in [1.165, 1.54) is 0 Å². The first kappa shape index (κ1) is 26.1. The largest absolute Gasteiger partial charge is 0.482 e. The fraction of sp³-hybridized carbons (Fsp3) is 0.286. The number of hydrazone groups is 1. The highest BCUT2D eigenvalue weighted by Gasteiger charge is 2.37. The number of carbonyl (C=O) groups is 1. The van der Waals surface area contributed by atoms with E-state index in [0.29, 0.717) is 29.6 Å². The molecule has 9 heteroatoms. The molecule has 1 aliphatic rings. The summed E-state index contributed by atoms with van der Waals surface area (Å²) in [5.41, 5.74) is 7.79. The fourth-order valence-electron chi connectivity index (χ4n) is 4.03. The van der Waals surface area contributed by atoms with E-state index in [1.54, 1.807) is 31.5 Å². The molecule has 2 heterocycles. The van der Waals surface area contributed by atoms with Crippen molar-refractivity contribution in [2.75, 3.05) is 18.5 Å². The van der Waals surface area contributed by atoms with Crippen LogP contribution in [-0.4, -0.2) is 35.0 Å². The van der Waals surface area contributed by atoms with Gasteiger partial charge in [0.05, 0.1) is 12.3 Å². The van der Waals surface area contributed by atoms with Gasteiger partial charge < -0.3 is 19.5 Å². The molecule has 2 aromatic carbocycles. The van der Waals surface area contributed by atoms with Crippen LogP contribution in [0.15, 0.2) is 66.0 Å². The average molecular weight is 519 g/mol. The number of ether oxygens (including phenoxy) is 3. The zero-order valence-electron chi connectivity index (χ0n) is 21.3. The Bertz CT molecular complexity index is 1330. The van der Waals surface area contributed by atoms with Gasteiger partial charge in [-0.2, -0.15) is 5.10 Å². The second-order valence-electron chi connectivity index (χ2n) is 8.95. The van der Waals surface area contributed by atoms with E-state index in [9.17, 15) is 4.79 Å². The number of hydrogen-bond donors (Lipinski definition) is 2. The normalized spacial score (nSPS) is 17.4. The van der Waals surface area contributed by atoms with Gasteiger partial charge >= 0.3 is 5.97 Å². The van der Waals surface area contributed by atoms with Crippen molar-refractivity contribution in [2.45, 2.75) is 39.7 Å². The molecule has 0 unspecified atom stereocenters. The number of rotatable bonds is 7. The molecule has 192 valence electrons. The number of benzene rings is 2. The smallest absolute Gasteiger partial charge is 0.344 e. The predicted molar refractivity (Wildman–Crippen MR) is 147 cm³/mol. The van der Waals surface area contributed by atoms with Gasteiger partial charge in [0.1, 0.15) is 17.1 Å². The van der Waals surface area contributed by atoms with Gasteiger partial charge in [0.25, 0.3) is 0 Å². The molecule has 0 fully saturated rings. The minimum Gasteiger partial charge on any atom is -0.482 e. The van der Waals surface area contributed by atoms with E-state index >= 15 is 0 Å². The van der Waals surface area contributed by atoms with Crippen LogP contribution >= 0.6 is 12.2 Å². The van der Waals surface area contributed by atoms with Gasteiger partial charge in [-0.05, 0) is 81.4 Å². The maximum atomic E-state index is 11.8. The number of aryl methyl sites for hydroxylation is 2. The summed E-state index contributed by atoms with van der Waals surface area (Å²) in [6, 6.07) is 15.4. The van der Waals surface area contributed by atoms with Gasteiger partial charge in [-0.15, -0.1) is 0 Å². The van der Waals surface area contributed by atoms with Crippen molar-refractivity contribution >= 4 is 34.7 Å². The standard InChI is InChI=1S/C28H30N4O4S/c1-5-34-26(33)17-35-21-10-11-25-22(14-21)24(15-28(4,36-25)20-7-6-12-29-16-20)31-32-27(37)30-23-13-18(2)8-9-19(23)3/h6-14,16H,5,15,17H2,1-4H3,(H2,30,32,37)/b31-24-/t28-/m0/s1. The topological polar surface area (TPSA) is 94.1 Å². The molecule has 8 nitrogen and oxygen atoms in total. The van der Waals surface area contributed by atoms with E-state index in [-0.39, 0.29) is 6.61 Å². The predicted octanol–water partition coefficient (Wildman–Crippen LogP) is 5.03. The number of carbonyl (C=O) groups excluding carboxylic acids is 1. The van der Waals surface area contributed by atoms with Crippen molar-refractivity contribution in [3.05, 3.63) is 83.2 Å². The van der Waals surface area contributed by atoms with Crippen LogP contribution in [0.5, 0.6) is 11.5 Å². The zero-order chi connectivity index (χ0) is 26.4. The molecule has 0 amide bonds. The van der Waals surface area contributed by atoms with Gasteiger partial charge in [-0.1, -0.05) is 18.2 Å². The lowest BCUT2D eigenvalue weighted by Crippen LogP contribution is -2.38. The number of esters is 1. The van der Waals surface area contributed by atoms with Gasteiger partial charge in [0.15, 0.2) is 11.7 Å². The van der Waals surface area contributed by atoms with E-state index in [2.05, 4.69) is 26.9 Å². The Morgan fingerprint density at radius 3 is 2.81 bits per heavy atom. The second-order valence-corrected chi connectivity index (χ2v) is 9.35. The Morgan fingerprint density at radius 1 is 1.22 bits per heavy atom. The minimum atomic E-state index is -0.697. The third kappa shape index (κ3) is 6.42. The molecule has 1 aliphatic heterocycles. The quantitative estimate of drug-likeness (QED) is 0.256. The van der Waals surface area contributed by atoms with Crippen LogP contribution in [0.3, 0.4) is 0 Å². The fourth-order valence-corrected chi connectivity index (χ4v) is 4.18. The van der Waals surface area contributed by atoms with Crippen molar-refractivity contribution in [1.29, 1.82) is 0 Å². The van der Waals surface area contributed by atoms with Crippen molar-refractivity contribution in [2.24, 2.45) is 5.10 Å². The van der Waals surface area contributed by atoms with Crippen molar-refractivity contribution in [1.82, 2.24) is 10.4 Å². The molecule has 37 heavy (non-hydrogen) atoms. The molecule has 4 rings (SSSR count). The molecule has 3 aromatic rings. The van der Waals surface area contributed by atoms with Gasteiger partial charge in [0.2, 0.25) is 0 Å². The lowest BCUT2D eigenvalue weighted by atomic mass is 9.86. The maximum absolute atomic E-state index is 11.8. The summed E-state index contributed by atoms with van der Waals surface area (Å²) in [5, 5.41) is 8.26. The Balaban J connectivity index is 1.61. The molecule has 2 N–H and O–H groups in total.